The fraction of sp³-hybridized carbons (Fsp3) is 0.500. The first-order chi connectivity index (χ1) is 8.05. The molecular formula is C12H20N2O2S. The summed E-state index contributed by atoms with van der Waals surface area (Å²) in [7, 11) is -1.53. The largest absolute Gasteiger partial charge is 0.316 e. The summed E-state index contributed by atoms with van der Waals surface area (Å²) in [6, 6.07) is 5.59. The minimum atomic E-state index is -3.37. The zero-order valence-electron chi connectivity index (χ0n) is 10.6. The molecule has 96 valence electrons. The van der Waals surface area contributed by atoms with E-state index >= 15 is 0 Å². The van der Waals surface area contributed by atoms with Crippen molar-refractivity contribution in [2.24, 2.45) is 0 Å². The quantitative estimate of drug-likeness (QED) is 0.806. The Morgan fingerprint density at radius 2 is 1.94 bits per heavy atom. The van der Waals surface area contributed by atoms with Crippen molar-refractivity contribution in [3.05, 3.63) is 29.3 Å². The van der Waals surface area contributed by atoms with Crippen LogP contribution in [0.3, 0.4) is 0 Å². The van der Waals surface area contributed by atoms with Crippen molar-refractivity contribution in [3.8, 4) is 0 Å². The van der Waals surface area contributed by atoms with Crippen LogP contribution in [-0.4, -0.2) is 22.0 Å². The van der Waals surface area contributed by atoms with Gasteiger partial charge in [0.25, 0.3) is 0 Å². The maximum absolute atomic E-state index is 12.0. The molecule has 2 N–H and O–H groups in total. The Hall–Kier alpha value is -0.910. The first kappa shape index (κ1) is 14.2. The van der Waals surface area contributed by atoms with Crippen molar-refractivity contribution in [1.29, 1.82) is 0 Å². The van der Waals surface area contributed by atoms with E-state index in [1.807, 2.05) is 26.1 Å². The second-order valence-corrected chi connectivity index (χ2v) is 5.56. The highest BCUT2D eigenvalue weighted by Crippen LogP contribution is 2.18. The average Bonchev–Trinajstić information content (AvgIpc) is 2.29. The number of aryl methyl sites for hydroxylation is 1. The van der Waals surface area contributed by atoms with Gasteiger partial charge < -0.3 is 5.32 Å². The summed E-state index contributed by atoms with van der Waals surface area (Å²) in [5, 5.41) is 3.02. The fourth-order valence-electron chi connectivity index (χ4n) is 1.72. The van der Waals surface area contributed by atoms with Crippen molar-refractivity contribution < 1.29 is 8.42 Å². The van der Waals surface area contributed by atoms with Crippen LogP contribution in [0, 0.1) is 0 Å². The predicted molar refractivity (Wildman–Crippen MR) is 69.4 cm³/mol. The van der Waals surface area contributed by atoms with Gasteiger partial charge in [-0.1, -0.05) is 26.0 Å². The van der Waals surface area contributed by atoms with Crippen LogP contribution in [0.4, 0.5) is 0 Å². The average molecular weight is 256 g/mol. The van der Waals surface area contributed by atoms with Crippen LogP contribution >= 0.6 is 0 Å². The van der Waals surface area contributed by atoms with E-state index in [0.29, 0.717) is 24.4 Å². The van der Waals surface area contributed by atoms with E-state index in [2.05, 4.69) is 10.0 Å². The number of hydrogen-bond donors (Lipinski definition) is 2. The van der Waals surface area contributed by atoms with E-state index in [-0.39, 0.29) is 0 Å². The van der Waals surface area contributed by atoms with Crippen molar-refractivity contribution in [1.82, 2.24) is 10.0 Å². The molecule has 17 heavy (non-hydrogen) atoms. The Morgan fingerprint density at radius 3 is 2.47 bits per heavy atom. The highest BCUT2D eigenvalue weighted by atomic mass is 32.2. The van der Waals surface area contributed by atoms with Gasteiger partial charge in [0.15, 0.2) is 0 Å². The van der Waals surface area contributed by atoms with Crippen LogP contribution in [0.25, 0.3) is 0 Å². The number of sulfonamides is 1. The van der Waals surface area contributed by atoms with Gasteiger partial charge in [0.05, 0.1) is 4.90 Å². The number of rotatable bonds is 6. The molecule has 4 nitrogen and oxygen atoms in total. The Morgan fingerprint density at radius 1 is 1.24 bits per heavy atom. The van der Waals surface area contributed by atoms with Gasteiger partial charge in [-0.2, -0.15) is 0 Å². The lowest BCUT2D eigenvalue weighted by Gasteiger charge is -2.11. The molecule has 0 aliphatic heterocycles. The zero-order valence-corrected chi connectivity index (χ0v) is 11.4. The lowest BCUT2D eigenvalue weighted by atomic mass is 10.1. The topological polar surface area (TPSA) is 58.2 Å². The SMILES string of the molecule is CCNS(=O)(=O)c1cc(CNC)ccc1CC. The third-order valence-corrected chi connectivity index (χ3v) is 4.15. The minimum Gasteiger partial charge on any atom is -0.316 e. The first-order valence-corrected chi connectivity index (χ1v) is 7.29. The Kier molecular flexibility index (Phi) is 5.11. The molecule has 0 spiro atoms. The second-order valence-electron chi connectivity index (χ2n) is 3.83. The third kappa shape index (κ3) is 3.52. The summed E-state index contributed by atoms with van der Waals surface area (Å²) < 4.78 is 26.6. The number of hydrogen-bond acceptors (Lipinski definition) is 3. The molecule has 0 bridgehead atoms. The van der Waals surface area contributed by atoms with Gasteiger partial charge >= 0.3 is 0 Å². The van der Waals surface area contributed by atoms with Crippen LogP contribution in [0.2, 0.25) is 0 Å². The molecule has 1 rings (SSSR count). The Bertz CT molecular complexity index is 469. The molecule has 0 aliphatic carbocycles. The lowest BCUT2D eigenvalue weighted by molar-refractivity contribution is 0.582. The summed E-state index contributed by atoms with van der Waals surface area (Å²) in [5.74, 6) is 0. The fourth-order valence-corrected chi connectivity index (χ4v) is 3.12. The maximum atomic E-state index is 12.0. The highest BCUT2D eigenvalue weighted by molar-refractivity contribution is 7.89. The van der Waals surface area contributed by atoms with Gasteiger partial charge in [-0.05, 0) is 30.7 Å². The van der Waals surface area contributed by atoms with E-state index in [1.165, 1.54) is 0 Å². The maximum Gasteiger partial charge on any atom is 0.240 e. The van der Waals surface area contributed by atoms with Crippen molar-refractivity contribution >= 4 is 10.0 Å². The molecule has 0 aromatic heterocycles. The van der Waals surface area contributed by atoms with Gasteiger partial charge in [0.1, 0.15) is 0 Å². The zero-order chi connectivity index (χ0) is 12.9. The Balaban J connectivity index is 3.23. The predicted octanol–water partition coefficient (Wildman–Crippen LogP) is 1.27. The van der Waals surface area contributed by atoms with Gasteiger partial charge in [0, 0.05) is 13.1 Å². The van der Waals surface area contributed by atoms with Crippen LogP contribution in [-0.2, 0) is 23.0 Å². The first-order valence-electron chi connectivity index (χ1n) is 5.81. The molecule has 0 heterocycles. The second kappa shape index (κ2) is 6.14. The molecule has 1 aromatic carbocycles. The van der Waals surface area contributed by atoms with E-state index in [4.69, 9.17) is 0 Å². The summed E-state index contributed by atoms with van der Waals surface area (Å²) in [5.41, 5.74) is 1.83. The highest BCUT2D eigenvalue weighted by Gasteiger charge is 2.17. The molecule has 1 aromatic rings. The molecule has 0 saturated carbocycles. The normalized spacial score (nSPS) is 11.7. The van der Waals surface area contributed by atoms with E-state index in [1.54, 1.807) is 13.0 Å². The number of benzene rings is 1. The van der Waals surface area contributed by atoms with Gasteiger partial charge in [-0.15, -0.1) is 0 Å². The van der Waals surface area contributed by atoms with E-state index < -0.39 is 10.0 Å². The lowest BCUT2D eigenvalue weighted by Crippen LogP contribution is -2.24. The minimum absolute atomic E-state index is 0.398. The molecular weight excluding hydrogens is 236 g/mol. The summed E-state index contributed by atoms with van der Waals surface area (Å²) in [6.45, 7) is 4.80. The van der Waals surface area contributed by atoms with Crippen LogP contribution < -0.4 is 10.0 Å². The van der Waals surface area contributed by atoms with Crippen LogP contribution in [0.15, 0.2) is 23.1 Å². The van der Waals surface area contributed by atoms with E-state index in [0.717, 1.165) is 11.1 Å². The molecule has 0 saturated heterocycles. The molecule has 0 amide bonds. The summed E-state index contributed by atoms with van der Waals surface area (Å²) in [4.78, 5) is 0.398. The summed E-state index contributed by atoms with van der Waals surface area (Å²) >= 11 is 0. The summed E-state index contributed by atoms with van der Waals surface area (Å²) in [6.07, 6.45) is 0.708. The van der Waals surface area contributed by atoms with Crippen molar-refractivity contribution in [2.45, 2.75) is 31.7 Å². The third-order valence-electron chi connectivity index (χ3n) is 2.52. The molecule has 0 radical (unpaired) electrons. The molecule has 0 fully saturated rings. The van der Waals surface area contributed by atoms with Gasteiger partial charge in [-0.25, -0.2) is 13.1 Å². The van der Waals surface area contributed by atoms with E-state index in [9.17, 15) is 8.42 Å². The monoisotopic (exact) mass is 256 g/mol. The van der Waals surface area contributed by atoms with Crippen LogP contribution in [0.5, 0.6) is 0 Å². The van der Waals surface area contributed by atoms with Gasteiger partial charge in [0.2, 0.25) is 10.0 Å². The molecule has 5 heteroatoms. The standard InChI is InChI=1S/C12H20N2O2S/c1-4-11-7-6-10(9-13-3)8-12(11)17(15,16)14-5-2/h6-8,13-14H,4-5,9H2,1-3H3. The van der Waals surface area contributed by atoms with Gasteiger partial charge in [-0.3, -0.25) is 0 Å². The van der Waals surface area contributed by atoms with Crippen molar-refractivity contribution in [2.75, 3.05) is 13.6 Å². The molecule has 0 atom stereocenters. The smallest absolute Gasteiger partial charge is 0.240 e. The van der Waals surface area contributed by atoms with Crippen LogP contribution in [0.1, 0.15) is 25.0 Å². The van der Waals surface area contributed by atoms with Crippen molar-refractivity contribution in [3.63, 3.8) is 0 Å². The molecule has 0 aliphatic rings. The number of nitrogens with one attached hydrogen (secondary N) is 2. The molecule has 0 unspecified atom stereocenters. The Labute approximate surface area is 103 Å².